The highest BCUT2D eigenvalue weighted by Crippen LogP contribution is 2.25. The molecule has 3 N–H and O–H groups in total. The molecule has 0 bridgehead atoms. The zero-order chi connectivity index (χ0) is 16.2. The molecule has 5 nitrogen and oxygen atoms in total. The van der Waals surface area contributed by atoms with E-state index >= 15 is 0 Å². The molecule has 1 aromatic heterocycles. The molecule has 3 rings (SSSR count). The molecule has 6 heteroatoms. The summed E-state index contributed by atoms with van der Waals surface area (Å²) >= 11 is 1.46. The van der Waals surface area contributed by atoms with Gasteiger partial charge in [0.05, 0.1) is 4.88 Å². The molecule has 3 aromatic rings. The van der Waals surface area contributed by atoms with Gasteiger partial charge in [-0.25, -0.2) is 5.48 Å². The van der Waals surface area contributed by atoms with E-state index in [9.17, 15) is 9.59 Å². The third kappa shape index (κ3) is 3.39. The Bertz CT molecular complexity index is 823. The fourth-order valence-corrected chi connectivity index (χ4v) is 3.18. The highest BCUT2D eigenvalue weighted by atomic mass is 32.1. The first-order chi connectivity index (χ1) is 11.2. The second-order valence-corrected chi connectivity index (χ2v) is 6.05. The van der Waals surface area contributed by atoms with Gasteiger partial charge in [-0.3, -0.25) is 14.8 Å². The van der Waals surface area contributed by atoms with E-state index in [4.69, 9.17) is 5.21 Å². The third-order valence-electron chi connectivity index (χ3n) is 3.42. The lowest BCUT2D eigenvalue weighted by Gasteiger charge is -2.05. The molecule has 0 aliphatic carbocycles. The van der Waals surface area contributed by atoms with Crippen LogP contribution < -0.4 is 10.8 Å². The van der Waals surface area contributed by atoms with Crippen LogP contribution in [0.15, 0.2) is 54.6 Å². The standard InChI is InChI=1S/C17H14N2O3S/c20-16(19-22)12-7-5-11(6-8-12)10-18-17(21)15-9-13-3-1-2-4-14(13)23-15/h1-9,22H,10H2,(H,18,21)(H,19,20). The van der Waals surface area contributed by atoms with Crippen molar-refractivity contribution in [1.82, 2.24) is 10.8 Å². The number of hydrogen-bond acceptors (Lipinski definition) is 4. The number of amides is 2. The van der Waals surface area contributed by atoms with E-state index in [-0.39, 0.29) is 5.91 Å². The van der Waals surface area contributed by atoms with Gasteiger partial charge < -0.3 is 5.32 Å². The number of benzene rings is 2. The molecule has 0 saturated heterocycles. The lowest BCUT2D eigenvalue weighted by molar-refractivity contribution is 0.0706. The van der Waals surface area contributed by atoms with Gasteiger partial charge in [-0.15, -0.1) is 11.3 Å². The van der Waals surface area contributed by atoms with Gasteiger partial charge in [0.25, 0.3) is 11.8 Å². The minimum atomic E-state index is -0.564. The molecular weight excluding hydrogens is 312 g/mol. The Morgan fingerprint density at radius 3 is 2.43 bits per heavy atom. The number of carbonyl (C=O) groups excluding carboxylic acids is 2. The largest absolute Gasteiger partial charge is 0.347 e. The van der Waals surface area contributed by atoms with Crippen LogP contribution in [0, 0.1) is 0 Å². The Balaban J connectivity index is 1.65. The van der Waals surface area contributed by atoms with E-state index in [1.165, 1.54) is 11.3 Å². The van der Waals surface area contributed by atoms with Crippen molar-refractivity contribution in [3.05, 3.63) is 70.6 Å². The smallest absolute Gasteiger partial charge is 0.274 e. The summed E-state index contributed by atoms with van der Waals surface area (Å²) in [5.41, 5.74) is 2.80. The summed E-state index contributed by atoms with van der Waals surface area (Å²) in [5.74, 6) is -0.686. The van der Waals surface area contributed by atoms with E-state index in [2.05, 4.69) is 5.32 Å². The number of carbonyl (C=O) groups is 2. The highest BCUT2D eigenvalue weighted by Gasteiger charge is 2.10. The van der Waals surface area contributed by atoms with Crippen LogP contribution in [-0.4, -0.2) is 17.0 Å². The third-order valence-corrected chi connectivity index (χ3v) is 4.53. The summed E-state index contributed by atoms with van der Waals surface area (Å²) in [4.78, 5) is 24.1. The summed E-state index contributed by atoms with van der Waals surface area (Å²) in [6, 6.07) is 16.4. The number of fused-ring (bicyclic) bond motifs is 1. The van der Waals surface area contributed by atoms with Crippen LogP contribution in [0.25, 0.3) is 10.1 Å². The van der Waals surface area contributed by atoms with Crippen LogP contribution in [0.1, 0.15) is 25.6 Å². The van der Waals surface area contributed by atoms with Gasteiger partial charge in [-0.1, -0.05) is 30.3 Å². The van der Waals surface area contributed by atoms with Crippen molar-refractivity contribution in [3.63, 3.8) is 0 Å². The lowest BCUT2D eigenvalue weighted by atomic mass is 10.1. The van der Waals surface area contributed by atoms with Crippen molar-refractivity contribution in [3.8, 4) is 0 Å². The fourth-order valence-electron chi connectivity index (χ4n) is 2.20. The van der Waals surface area contributed by atoms with E-state index in [0.29, 0.717) is 17.0 Å². The Morgan fingerprint density at radius 2 is 1.74 bits per heavy atom. The predicted molar refractivity (Wildman–Crippen MR) is 88.7 cm³/mol. The minimum absolute atomic E-state index is 0.122. The van der Waals surface area contributed by atoms with Gasteiger partial charge >= 0.3 is 0 Å². The average molecular weight is 326 g/mol. The first kappa shape index (κ1) is 15.2. The van der Waals surface area contributed by atoms with Crippen molar-refractivity contribution in [1.29, 1.82) is 0 Å². The second kappa shape index (κ2) is 6.60. The lowest BCUT2D eigenvalue weighted by Crippen LogP contribution is -2.22. The molecule has 0 fully saturated rings. The summed E-state index contributed by atoms with van der Waals surface area (Å²) in [5, 5.41) is 12.5. The number of rotatable bonds is 4. The Labute approximate surface area is 136 Å². The normalized spacial score (nSPS) is 10.5. The van der Waals surface area contributed by atoms with Gasteiger partial charge in [-0.2, -0.15) is 0 Å². The molecule has 116 valence electrons. The van der Waals surface area contributed by atoms with E-state index in [1.807, 2.05) is 30.3 Å². The fraction of sp³-hybridized carbons (Fsp3) is 0.0588. The molecule has 2 amide bonds. The molecule has 2 aromatic carbocycles. The summed E-state index contributed by atoms with van der Waals surface area (Å²) in [6.07, 6.45) is 0. The number of thiophene rings is 1. The SMILES string of the molecule is O=C(NO)c1ccc(CNC(=O)c2cc3ccccc3s2)cc1. The molecule has 1 heterocycles. The van der Waals surface area contributed by atoms with Gasteiger partial charge in [0.15, 0.2) is 0 Å². The first-order valence-electron chi connectivity index (χ1n) is 6.97. The van der Waals surface area contributed by atoms with Crippen LogP contribution in [0.4, 0.5) is 0 Å². The van der Waals surface area contributed by atoms with Crippen LogP contribution in [-0.2, 0) is 6.54 Å². The Hall–Kier alpha value is -2.70. The summed E-state index contributed by atoms with van der Waals surface area (Å²) in [6.45, 7) is 0.369. The van der Waals surface area contributed by atoms with Crippen molar-refractivity contribution in [2.45, 2.75) is 6.54 Å². The molecule has 0 unspecified atom stereocenters. The highest BCUT2D eigenvalue weighted by molar-refractivity contribution is 7.20. The molecule has 0 saturated carbocycles. The summed E-state index contributed by atoms with van der Waals surface area (Å²) < 4.78 is 1.08. The van der Waals surface area contributed by atoms with Gasteiger partial charge in [-0.05, 0) is 35.2 Å². The maximum Gasteiger partial charge on any atom is 0.274 e. The molecule has 0 atom stereocenters. The number of hydroxylamine groups is 1. The Kier molecular flexibility index (Phi) is 4.36. The molecular formula is C17H14N2O3S. The molecule has 0 spiro atoms. The average Bonchev–Trinajstić information content (AvgIpc) is 3.03. The van der Waals surface area contributed by atoms with Crippen LogP contribution in [0.5, 0.6) is 0 Å². The minimum Gasteiger partial charge on any atom is -0.347 e. The van der Waals surface area contributed by atoms with Crippen LogP contribution in [0.2, 0.25) is 0 Å². The number of nitrogens with one attached hydrogen (secondary N) is 2. The zero-order valence-corrected chi connectivity index (χ0v) is 12.9. The topological polar surface area (TPSA) is 78.4 Å². The summed E-state index contributed by atoms with van der Waals surface area (Å²) in [7, 11) is 0. The molecule has 23 heavy (non-hydrogen) atoms. The zero-order valence-electron chi connectivity index (χ0n) is 12.1. The second-order valence-electron chi connectivity index (χ2n) is 4.97. The maximum absolute atomic E-state index is 12.2. The van der Waals surface area contributed by atoms with Gasteiger partial charge in [0, 0.05) is 16.8 Å². The van der Waals surface area contributed by atoms with Gasteiger partial charge in [0.2, 0.25) is 0 Å². The first-order valence-corrected chi connectivity index (χ1v) is 7.79. The quantitative estimate of drug-likeness (QED) is 0.509. The molecule has 0 aliphatic rings. The van der Waals surface area contributed by atoms with Crippen molar-refractivity contribution >= 4 is 33.2 Å². The van der Waals surface area contributed by atoms with E-state index in [1.54, 1.807) is 29.7 Å². The number of hydrogen-bond donors (Lipinski definition) is 3. The van der Waals surface area contributed by atoms with Crippen molar-refractivity contribution in [2.75, 3.05) is 0 Å². The van der Waals surface area contributed by atoms with E-state index < -0.39 is 5.91 Å². The van der Waals surface area contributed by atoms with Crippen LogP contribution in [0.3, 0.4) is 0 Å². The van der Waals surface area contributed by atoms with Gasteiger partial charge in [0.1, 0.15) is 0 Å². The van der Waals surface area contributed by atoms with Crippen molar-refractivity contribution < 1.29 is 14.8 Å². The maximum atomic E-state index is 12.2. The van der Waals surface area contributed by atoms with Crippen LogP contribution >= 0.6 is 11.3 Å². The molecule has 0 radical (unpaired) electrons. The van der Waals surface area contributed by atoms with E-state index in [0.717, 1.165) is 15.6 Å². The molecule has 0 aliphatic heterocycles. The Morgan fingerprint density at radius 1 is 1.00 bits per heavy atom. The monoisotopic (exact) mass is 326 g/mol. The predicted octanol–water partition coefficient (Wildman–Crippen LogP) is 2.95. The van der Waals surface area contributed by atoms with Crippen molar-refractivity contribution in [2.24, 2.45) is 0 Å².